The Morgan fingerprint density at radius 2 is 1.93 bits per heavy atom. The van der Waals surface area contributed by atoms with Crippen LogP contribution in [0.4, 0.5) is 13.2 Å². The molecule has 5 fully saturated rings. The molecule has 5 nitrogen and oxygen atoms in total. The Kier molecular flexibility index (Phi) is 4.89. The highest BCUT2D eigenvalue weighted by molar-refractivity contribution is 5.81. The lowest BCUT2D eigenvalue weighted by molar-refractivity contribution is -0.216. The first-order valence-corrected chi connectivity index (χ1v) is 10.5. The van der Waals surface area contributed by atoms with Gasteiger partial charge in [0.1, 0.15) is 12.1 Å². The molecule has 162 valence electrons. The third-order valence-corrected chi connectivity index (χ3v) is 7.55. The smallest absolute Gasteiger partial charge is 0.448 e. The van der Waals surface area contributed by atoms with Gasteiger partial charge in [-0.05, 0) is 63.7 Å². The average Bonchev–Trinajstić information content (AvgIpc) is 3.03. The van der Waals surface area contributed by atoms with Gasteiger partial charge in [0.05, 0.1) is 0 Å². The molecule has 0 spiro atoms. The van der Waals surface area contributed by atoms with E-state index in [1.54, 1.807) is 4.90 Å². The maximum Gasteiger partial charge on any atom is 0.448 e. The number of amides is 2. The van der Waals surface area contributed by atoms with Crippen molar-refractivity contribution >= 4 is 12.3 Å². The highest BCUT2D eigenvalue weighted by Gasteiger charge is 2.62. The summed E-state index contributed by atoms with van der Waals surface area (Å²) in [5.41, 5.74) is -1.54. The molecule has 8 heteroatoms. The second kappa shape index (κ2) is 6.91. The van der Waals surface area contributed by atoms with Gasteiger partial charge in [-0.3, -0.25) is 9.59 Å². The van der Waals surface area contributed by atoms with E-state index in [2.05, 4.69) is 6.58 Å². The molecule has 2 amide bonds. The second-order valence-electron chi connectivity index (χ2n) is 9.70. The molecule has 5 aliphatic rings. The summed E-state index contributed by atoms with van der Waals surface area (Å²) in [6.07, 6.45) is 1.91. The van der Waals surface area contributed by atoms with Gasteiger partial charge >= 0.3 is 6.18 Å². The first kappa shape index (κ1) is 20.5. The zero-order chi connectivity index (χ0) is 21.0. The van der Waals surface area contributed by atoms with Crippen LogP contribution in [-0.2, 0) is 14.3 Å². The molecule has 1 aliphatic heterocycles. The van der Waals surface area contributed by atoms with Crippen LogP contribution in [0.2, 0.25) is 0 Å². The number of carbonyl (C=O) groups is 2. The standard InChI is InChI=1S/C21H29F3N2O3/c1-14-4-3-5-26(14)18(28)11-25(13-27)19-7-16-6-17(8-19)10-20(9-16,12-19)29-15(2)21(22,23)24/h13-14,16-17H,2-12H2,1H3/t14-,16?,17?,19?,20?/m1/s1. The van der Waals surface area contributed by atoms with Crippen LogP contribution in [0.3, 0.4) is 0 Å². The fraction of sp³-hybridized carbons (Fsp3) is 0.810. The van der Waals surface area contributed by atoms with Crippen molar-refractivity contribution < 1.29 is 27.5 Å². The quantitative estimate of drug-likeness (QED) is 0.493. The molecule has 1 saturated heterocycles. The summed E-state index contributed by atoms with van der Waals surface area (Å²) >= 11 is 0. The molecule has 0 N–H and O–H groups in total. The van der Waals surface area contributed by atoms with Crippen LogP contribution in [-0.4, -0.2) is 58.6 Å². The molecule has 0 aromatic carbocycles. The summed E-state index contributed by atoms with van der Waals surface area (Å²) in [5, 5.41) is 0. The normalized spacial score (nSPS) is 38.2. The van der Waals surface area contributed by atoms with Gasteiger partial charge in [0.2, 0.25) is 12.3 Å². The monoisotopic (exact) mass is 414 g/mol. The van der Waals surface area contributed by atoms with E-state index in [1.807, 2.05) is 11.8 Å². The van der Waals surface area contributed by atoms with E-state index in [0.29, 0.717) is 25.8 Å². The first-order chi connectivity index (χ1) is 13.6. The average molecular weight is 414 g/mol. The number of nitrogens with zero attached hydrogens (tertiary/aromatic N) is 2. The Morgan fingerprint density at radius 1 is 1.28 bits per heavy atom. The number of alkyl halides is 3. The zero-order valence-corrected chi connectivity index (χ0v) is 16.8. The number of hydrogen-bond acceptors (Lipinski definition) is 3. The number of halogens is 3. The highest BCUT2D eigenvalue weighted by atomic mass is 19.4. The molecule has 2 unspecified atom stereocenters. The van der Waals surface area contributed by atoms with Crippen molar-refractivity contribution in [2.75, 3.05) is 13.1 Å². The Morgan fingerprint density at radius 3 is 2.45 bits per heavy atom. The van der Waals surface area contributed by atoms with E-state index in [9.17, 15) is 22.8 Å². The fourth-order valence-corrected chi connectivity index (χ4v) is 6.76. The van der Waals surface area contributed by atoms with Crippen molar-refractivity contribution in [1.29, 1.82) is 0 Å². The van der Waals surface area contributed by atoms with Crippen molar-refractivity contribution in [1.82, 2.24) is 9.80 Å². The second-order valence-corrected chi connectivity index (χ2v) is 9.70. The lowest BCUT2D eigenvalue weighted by Gasteiger charge is -2.63. The van der Waals surface area contributed by atoms with Gasteiger partial charge < -0.3 is 14.5 Å². The van der Waals surface area contributed by atoms with E-state index >= 15 is 0 Å². The molecular weight excluding hydrogens is 385 g/mol. The molecule has 3 atom stereocenters. The van der Waals surface area contributed by atoms with E-state index in [-0.39, 0.29) is 30.3 Å². The van der Waals surface area contributed by atoms with Crippen molar-refractivity contribution in [2.24, 2.45) is 11.8 Å². The minimum absolute atomic E-state index is 0.0103. The molecule has 4 saturated carbocycles. The molecule has 4 aliphatic carbocycles. The minimum Gasteiger partial charge on any atom is -0.483 e. The van der Waals surface area contributed by atoms with Crippen LogP contribution in [0.1, 0.15) is 58.3 Å². The number of ether oxygens (including phenoxy) is 1. The van der Waals surface area contributed by atoms with Gasteiger partial charge in [0.25, 0.3) is 0 Å². The van der Waals surface area contributed by atoms with Crippen LogP contribution in [0.5, 0.6) is 0 Å². The van der Waals surface area contributed by atoms with Gasteiger partial charge in [-0.25, -0.2) is 0 Å². The SMILES string of the molecule is C=C(OC12CC3CC(C1)CC(N(C=O)CC(=O)N1CCC[C@H]1C)(C3)C2)C(F)(F)F. The predicted octanol–water partition coefficient (Wildman–Crippen LogP) is 3.64. The molecular formula is C21H29F3N2O3. The predicted molar refractivity (Wildman–Crippen MR) is 99.6 cm³/mol. The maximum absolute atomic E-state index is 13.1. The molecule has 0 aromatic rings. The van der Waals surface area contributed by atoms with Crippen LogP contribution >= 0.6 is 0 Å². The highest BCUT2D eigenvalue weighted by Crippen LogP contribution is 2.61. The number of allylic oxidation sites excluding steroid dienone is 1. The fourth-order valence-electron chi connectivity index (χ4n) is 6.76. The molecule has 1 heterocycles. The van der Waals surface area contributed by atoms with Gasteiger partial charge in [-0.2, -0.15) is 13.2 Å². The molecule has 29 heavy (non-hydrogen) atoms. The first-order valence-electron chi connectivity index (χ1n) is 10.5. The Bertz CT molecular complexity index is 694. The van der Waals surface area contributed by atoms with Crippen molar-refractivity contribution in [2.45, 2.75) is 81.6 Å². The van der Waals surface area contributed by atoms with Crippen molar-refractivity contribution in [3.63, 3.8) is 0 Å². The van der Waals surface area contributed by atoms with Gasteiger partial charge in [0.15, 0.2) is 5.76 Å². The molecule has 4 bridgehead atoms. The van der Waals surface area contributed by atoms with E-state index in [0.717, 1.165) is 38.5 Å². The molecule has 0 aromatic heterocycles. The van der Waals surface area contributed by atoms with Crippen molar-refractivity contribution in [3.8, 4) is 0 Å². The third-order valence-electron chi connectivity index (χ3n) is 7.55. The van der Waals surface area contributed by atoms with E-state index < -0.39 is 23.1 Å². The summed E-state index contributed by atoms with van der Waals surface area (Å²) in [7, 11) is 0. The van der Waals surface area contributed by atoms with Crippen LogP contribution < -0.4 is 0 Å². The maximum atomic E-state index is 13.1. The van der Waals surface area contributed by atoms with Crippen LogP contribution in [0.25, 0.3) is 0 Å². The number of rotatable bonds is 6. The van der Waals surface area contributed by atoms with Crippen LogP contribution in [0, 0.1) is 11.8 Å². The summed E-state index contributed by atoms with van der Waals surface area (Å²) in [4.78, 5) is 28.3. The Balaban J connectivity index is 1.55. The number of carbonyl (C=O) groups excluding carboxylic acids is 2. The van der Waals surface area contributed by atoms with Crippen molar-refractivity contribution in [3.05, 3.63) is 12.3 Å². The van der Waals surface area contributed by atoms with Crippen LogP contribution in [0.15, 0.2) is 12.3 Å². The minimum atomic E-state index is -4.59. The summed E-state index contributed by atoms with van der Waals surface area (Å²) < 4.78 is 44.8. The largest absolute Gasteiger partial charge is 0.483 e. The zero-order valence-electron chi connectivity index (χ0n) is 16.8. The topological polar surface area (TPSA) is 49.9 Å². The van der Waals surface area contributed by atoms with E-state index in [4.69, 9.17) is 4.74 Å². The summed E-state index contributed by atoms with van der Waals surface area (Å²) in [5.74, 6) is -0.817. The van der Waals surface area contributed by atoms with E-state index in [1.165, 1.54) is 0 Å². The Labute approximate surface area is 169 Å². The Hall–Kier alpha value is -1.73. The summed E-state index contributed by atoms with van der Waals surface area (Å²) in [6.45, 7) is 5.80. The lowest BCUT2D eigenvalue weighted by Crippen LogP contribution is -2.67. The lowest BCUT2D eigenvalue weighted by atomic mass is 9.50. The molecule has 5 rings (SSSR count). The number of likely N-dealkylation sites (tertiary alicyclic amines) is 1. The third kappa shape index (κ3) is 3.63. The molecule has 0 radical (unpaired) electrons. The van der Waals surface area contributed by atoms with Gasteiger partial charge in [0, 0.05) is 24.5 Å². The van der Waals surface area contributed by atoms with Gasteiger partial charge in [-0.1, -0.05) is 6.58 Å². The number of hydrogen-bond donors (Lipinski definition) is 0. The van der Waals surface area contributed by atoms with Gasteiger partial charge in [-0.15, -0.1) is 0 Å². The summed E-state index contributed by atoms with van der Waals surface area (Å²) in [6, 6.07) is 0.164.